The molecule has 0 aliphatic rings. The zero-order valence-corrected chi connectivity index (χ0v) is 12.1. The van der Waals surface area contributed by atoms with Crippen molar-refractivity contribution in [3.8, 4) is 0 Å². The molecule has 0 heterocycles. The van der Waals surface area contributed by atoms with Crippen LogP contribution < -0.4 is 5.32 Å². The summed E-state index contributed by atoms with van der Waals surface area (Å²) in [7, 11) is -4.28. The van der Waals surface area contributed by atoms with Gasteiger partial charge in [0.2, 0.25) is 5.91 Å². The van der Waals surface area contributed by atoms with E-state index in [0.29, 0.717) is 18.2 Å². The third-order valence-electron chi connectivity index (χ3n) is 2.77. The molecule has 2 aromatic carbocycles. The van der Waals surface area contributed by atoms with Gasteiger partial charge in [-0.2, -0.15) is 0 Å². The largest absolute Gasteiger partial charge is 0.323 e. The second-order valence-corrected chi connectivity index (χ2v) is 6.50. The molecule has 122 valence electrons. The van der Waals surface area contributed by atoms with Gasteiger partial charge in [-0.05, 0) is 30.3 Å². The van der Waals surface area contributed by atoms with Gasteiger partial charge in [-0.25, -0.2) is 26.0 Å². The Hall–Kier alpha value is -2.42. The number of benzene rings is 2. The lowest BCUT2D eigenvalue weighted by Gasteiger charge is -2.08. The van der Waals surface area contributed by atoms with Crippen LogP contribution in [-0.4, -0.2) is 20.1 Å². The SMILES string of the molecule is O=C(CS(=O)(=O)c1ccc(F)c(F)c1)Nc1cc(F)ccc1F. The van der Waals surface area contributed by atoms with Crippen LogP contribution in [0.3, 0.4) is 0 Å². The molecule has 0 aliphatic heterocycles. The second-order valence-electron chi connectivity index (χ2n) is 4.51. The first-order valence-electron chi connectivity index (χ1n) is 6.12. The molecule has 0 saturated heterocycles. The summed E-state index contributed by atoms with van der Waals surface area (Å²) in [5.74, 6) is -6.71. The molecule has 0 atom stereocenters. The average molecular weight is 347 g/mol. The molecule has 0 aromatic heterocycles. The Kier molecular flexibility index (Phi) is 4.69. The van der Waals surface area contributed by atoms with Gasteiger partial charge >= 0.3 is 0 Å². The number of nitrogens with one attached hydrogen (secondary N) is 1. The average Bonchev–Trinajstić information content (AvgIpc) is 2.45. The van der Waals surface area contributed by atoms with Crippen molar-refractivity contribution < 1.29 is 30.8 Å². The van der Waals surface area contributed by atoms with Gasteiger partial charge in [-0.1, -0.05) is 0 Å². The molecule has 9 heteroatoms. The van der Waals surface area contributed by atoms with Crippen molar-refractivity contribution in [3.63, 3.8) is 0 Å². The fraction of sp³-hybridized carbons (Fsp3) is 0.0714. The summed E-state index contributed by atoms with van der Waals surface area (Å²) in [5.41, 5.74) is -0.532. The van der Waals surface area contributed by atoms with Crippen molar-refractivity contribution in [1.29, 1.82) is 0 Å². The second kappa shape index (κ2) is 6.37. The number of anilines is 1. The van der Waals surface area contributed by atoms with Crippen LogP contribution in [-0.2, 0) is 14.6 Å². The molecular weight excluding hydrogens is 338 g/mol. The molecule has 0 spiro atoms. The molecule has 0 fully saturated rings. The number of rotatable bonds is 4. The quantitative estimate of drug-likeness (QED) is 0.683. The normalized spacial score (nSPS) is 11.3. The van der Waals surface area contributed by atoms with Crippen LogP contribution in [0.4, 0.5) is 23.2 Å². The Morgan fingerprint density at radius 1 is 0.913 bits per heavy atom. The highest BCUT2D eigenvalue weighted by Crippen LogP contribution is 2.18. The fourth-order valence-corrected chi connectivity index (χ4v) is 2.85. The molecule has 2 aromatic rings. The minimum absolute atomic E-state index is 0.431. The van der Waals surface area contributed by atoms with Crippen molar-refractivity contribution in [2.45, 2.75) is 4.90 Å². The van der Waals surface area contributed by atoms with E-state index in [2.05, 4.69) is 0 Å². The number of sulfone groups is 1. The van der Waals surface area contributed by atoms with Crippen LogP contribution in [0.5, 0.6) is 0 Å². The Morgan fingerprint density at radius 3 is 2.22 bits per heavy atom. The predicted molar refractivity (Wildman–Crippen MR) is 73.4 cm³/mol. The van der Waals surface area contributed by atoms with Crippen molar-refractivity contribution in [1.82, 2.24) is 0 Å². The van der Waals surface area contributed by atoms with Gasteiger partial charge < -0.3 is 5.32 Å². The molecule has 0 saturated carbocycles. The molecule has 0 bridgehead atoms. The number of carbonyl (C=O) groups is 1. The summed E-state index contributed by atoms with van der Waals surface area (Å²) in [4.78, 5) is 11.1. The van der Waals surface area contributed by atoms with Crippen LogP contribution >= 0.6 is 0 Å². The van der Waals surface area contributed by atoms with Gasteiger partial charge in [0.1, 0.15) is 17.4 Å². The lowest BCUT2D eigenvalue weighted by molar-refractivity contribution is -0.113. The summed E-state index contributed by atoms with van der Waals surface area (Å²) in [6.45, 7) is 0. The van der Waals surface area contributed by atoms with Gasteiger partial charge in [0.05, 0.1) is 10.6 Å². The van der Waals surface area contributed by atoms with Crippen LogP contribution in [0.1, 0.15) is 0 Å². The van der Waals surface area contributed by atoms with Crippen molar-refractivity contribution in [3.05, 3.63) is 59.7 Å². The van der Waals surface area contributed by atoms with Crippen LogP contribution in [0.2, 0.25) is 0 Å². The van der Waals surface area contributed by atoms with E-state index in [9.17, 15) is 30.8 Å². The summed E-state index contributed by atoms with van der Waals surface area (Å²) in [6, 6.07) is 4.09. The number of hydrogen-bond acceptors (Lipinski definition) is 3. The molecule has 0 aliphatic carbocycles. The molecular formula is C14H9F4NO3S. The highest BCUT2D eigenvalue weighted by atomic mass is 32.2. The van der Waals surface area contributed by atoms with Crippen LogP contribution in [0, 0.1) is 23.3 Å². The van der Waals surface area contributed by atoms with Gasteiger partial charge in [0.25, 0.3) is 0 Å². The smallest absolute Gasteiger partial charge is 0.240 e. The van der Waals surface area contributed by atoms with E-state index in [0.717, 1.165) is 18.2 Å². The number of carbonyl (C=O) groups excluding carboxylic acids is 1. The molecule has 23 heavy (non-hydrogen) atoms. The summed E-state index contributed by atoms with van der Waals surface area (Å²) < 4.78 is 76.0. The van der Waals surface area contributed by atoms with Crippen molar-refractivity contribution in [2.24, 2.45) is 0 Å². The van der Waals surface area contributed by atoms with Gasteiger partial charge in [0, 0.05) is 6.07 Å². The lowest BCUT2D eigenvalue weighted by Crippen LogP contribution is -2.23. The first-order valence-corrected chi connectivity index (χ1v) is 7.77. The first kappa shape index (κ1) is 16.9. The third kappa shape index (κ3) is 4.07. The standard InChI is InChI=1S/C14H9F4NO3S/c15-8-1-3-11(17)13(5-8)19-14(20)7-23(21,22)9-2-4-10(16)12(18)6-9/h1-6H,7H2,(H,19,20). The fourth-order valence-electron chi connectivity index (χ4n) is 1.71. The van der Waals surface area contributed by atoms with E-state index in [1.807, 2.05) is 5.32 Å². The van der Waals surface area contributed by atoms with E-state index in [4.69, 9.17) is 0 Å². The highest BCUT2D eigenvalue weighted by molar-refractivity contribution is 7.92. The van der Waals surface area contributed by atoms with E-state index in [-0.39, 0.29) is 0 Å². The predicted octanol–water partition coefficient (Wildman–Crippen LogP) is 2.66. The topological polar surface area (TPSA) is 63.2 Å². The van der Waals surface area contributed by atoms with Gasteiger partial charge in [0.15, 0.2) is 21.5 Å². The Bertz CT molecular complexity index is 868. The van der Waals surface area contributed by atoms with E-state index < -0.39 is 55.3 Å². The van der Waals surface area contributed by atoms with Gasteiger partial charge in [-0.3, -0.25) is 4.79 Å². The maximum Gasteiger partial charge on any atom is 0.240 e. The number of amides is 1. The summed E-state index contributed by atoms with van der Waals surface area (Å²) in [6.07, 6.45) is 0. The maximum absolute atomic E-state index is 13.4. The first-order chi connectivity index (χ1) is 10.7. The van der Waals surface area contributed by atoms with Crippen LogP contribution in [0.25, 0.3) is 0 Å². The molecule has 0 unspecified atom stereocenters. The van der Waals surface area contributed by atoms with Crippen LogP contribution in [0.15, 0.2) is 41.3 Å². The third-order valence-corrected chi connectivity index (χ3v) is 4.39. The van der Waals surface area contributed by atoms with E-state index in [1.165, 1.54) is 0 Å². The minimum Gasteiger partial charge on any atom is -0.323 e. The lowest BCUT2D eigenvalue weighted by atomic mass is 10.3. The molecule has 2 rings (SSSR count). The van der Waals surface area contributed by atoms with Crippen molar-refractivity contribution >= 4 is 21.4 Å². The zero-order valence-electron chi connectivity index (χ0n) is 11.3. The minimum atomic E-state index is -4.28. The molecule has 1 N–H and O–H groups in total. The number of halogens is 4. The Labute approximate surface area is 128 Å². The molecule has 0 radical (unpaired) electrons. The van der Waals surface area contributed by atoms with E-state index in [1.54, 1.807) is 0 Å². The van der Waals surface area contributed by atoms with Gasteiger partial charge in [-0.15, -0.1) is 0 Å². The molecule has 4 nitrogen and oxygen atoms in total. The summed E-state index contributed by atoms with van der Waals surface area (Å²) in [5, 5.41) is 1.90. The Balaban J connectivity index is 2.18. The molecule has 1 amide bonds. The number of hydrogen-bond donors (Lipinski definition) is 1. The summed E-state index contributed by atoms with van der Waals surface area (Å²) >= 11 is 0. The van der Waals surface area contributed by atoms with Crippen molar-refractivity contribution in [2.75, 3.05) is 11.1 Å². The van der Waals surface area contributed by atoms with E-state index >= 15 is 0 Å². The zero-order chi connectivity index (χ0) is 17.2. The monoisotopic (exact) mass is 347 g/mol. The Morgan fingerprint density at radius 2 is 1.57 bits per heavy atom. The highest BCUT2D eigenvalue weighted by Gasteiger charge is 2.21. The maximum atomic E-state index is 13.4.